The molecule has 0 amide bonds. The van der Waals surface area contributed by atoms with Crippen LogP contribution in [0, 0.1) is 0 Å². The molecule has 1 nitrogen and oxygen atoms in total. The number of fused-ring (bicyclic) bond motifs is 3. The van der Waals surface area contributed by atoms with Gasteiger partial charge in [0, 0.05) is 21.8 Å². The lowest BCUT2D eigenvalue weighted by molar-refractivity contribution is 1.09. The molecule has 1 aromatic heterocycles. The quantitative estimate of drug-likeness (QED) is 0.226. The van der Waals surface area contributed by atoms with Crippen molar-refractivity contribution in [1.29, 1.82) is 0 Å². The first-order valence-corrected chi connectivity index (χ1v) is 15.1. The fraction of sp³-hybridized carbons (Fsp3) is 0.122. The highest BCUT2D eigenvalue weighted by molar-refractivity contribution is 6.08. The van der Waals surface area contributed by atoms with Crippen molar-refractivity contribution in [3.63, 3.8) is 0 Å². The maximum Gasteiger partial charge on any atom is 0.0465 e. The van der Waals surface area contributed by atoms with Gasteiger partial charge in [-0.2, -0.15) is 0 Å². The van der Waals surface area contributed by atoms with Gasteiger partial charge in [-0.15, -0.1) is 0 Å². The third-order valence-corrected chi connectivity index (χ3v) is 7.20. The van der Waals surface area contributed by atoms with Gasteiger partial charge in [0.2, 0.25) is 0 Å². The van der Waals surface area contributed by atoms with Gasteiger partial charge in [-0.3, -0.25) is 0 Å². The second-order valence-electron chi connectivity index (χ2n) is 10.2. The molecule has 208 valence electrons. The second kappa shape index (κ2) is 13.7. The summed E-state index contributed by atoms with van der Waals surface area (Å²) in [4.78, 5) is 3.53. The van der Waals surface area contributed by atoms with E-state index >= 15 is 0 Å². The zero-order valence-electron chi connectivity index (χ0n) is 25.1. The lowest BCUT2D eigenvalue weighted by Crippen LogP contribution is -1.85. The Kier molecular flexibility index (Phi) is 9.31. The van der Waals surface area contributed by atoms with Crippen molar-refractivity contribution in [2.45, 2.75) is 34.1 Å². The normalized spacial score (nSPS) is 10.5. The Balaban J connectivity index is 0.000000665. The summed E-state index contributed by atoms with van der Waals surface area (Å²) in [6.07, 6.45) is 1.25. The van der Waals surface area contributed by atoms with E-state index in [0.29, 0.717) is 0 Å². The first-order chi connectivity index (χ1) is 20.7. The Morgan fingerprint density at radius 1 is 0.357 bits per heavy atom. The average molecular weight is 546 g/mol. The minimum atomic E-state index is 1.17. The van der Waals surface area contributed by atoms with E-state index in [-0.39, 0.29) is 0 Å². The van der Waals surface area contributed by atoms with E-state index in [1.165, 1.54) is 72.7 Å². The summed E-state index contributed by atoms with van der Waals surface area (Å²) in [6.45, 7) is 8.25. The number of H-pyrrole nitrogens is 1. The summed E-state index contributed by atoms with van der Waals surface area (Å²) in [5.41, 5.74) is 12.2. The fourth-order valence-corrected chi connectivity index (χ4v) is 5.29. The second-order valence-corrected chi connectivity index (χ2v) is 10.2. The van der Waals surface area contributed by atoms with Crippen molar-refractivity contribution < 1.29 is 0 Å². The van der Waals surface area contributed by atoms with Crippen molar-refractivity contribution in [3.05, 3.63) is 146 Å². The summed E-state index contributed by atoms with van der Waals surface area (Å²) in [5.74, 6) is 0. The number of nitrogens with one attached hydrogen (secondary N) is 1. The largest absolute Gasteiger partial charge is 0.355 e. The van der Waals surface area contributed by atoms with Crippen LogP contribution in [-0.2, 0) is 0 Å². The summed E-state index contributed by atoms with van der Waals surface area (Å²) in [7, 11) is 0. The van der Waals surface area contributed by atoms with Crippen LogP contribution in [0.1, 0.15) is 34.1 Å². The van der Waals surface area contributed by atoms with Crippen LogP contribution < -0.4 is 0 Å². The Labute approximate surface area is 250 Å². The highest BCUT2D eigenvalue weighted by atomic mass is 14.7. The Morgan fingerprint density at radius 2 is 0.738 bits per heavy atom. The zero-order valence-corrected chi connectivity index (χ0v) is 25.1. The van der Waals surface area contributed by atoms with Crippen LogP contribution >= 0.6 is 0 Å². The zero-order chi connectivity index (χ0) is 29.3. The monoisotopic (exact) mass is 545 g/mol. The molecule has 0 radical (unpaired) electrons. The number of aromatic amines is 1. The molecule has 1 heteroatoms. The summed E-state index contributed by atoms with van der Waals surface area (Å²) < 4.78 is 0. The molecule has 7 aromatic rings. The first kappa shape index (κ1) is 28.6. The van der Waals surface area contributed by atoms with Gasteiger partial charge in [-0.05, 0) is 80.9 Å². The van der Waals surface area contributed by atoms with Crippen LogP contribution in [-0.4, -0.2) is 4.98 Å². The van der Waals surface area contributed by atoms with Crippen LogP contribution in [0.25, 0.3) is 66.3 Å². The van der Waals surface area contributed by atoms with Gasteiger partial charge < -0.3 is 4.98 Å². The molecule has 1 N–H and O–H groups in total. The van der Waals surface area contributed by atoms with Crippen molar-refractivity contribution in [3.8, 4) is 44.5 Å². The van der Waals surface area contributed by atoms with Gasteiger partial charge >= 0.3 is 0 Å². The van der Waals surface area contributed by atoms with Crippen molar-refractivity contribution in [1.82, 2.24) is 4.98 Å². The number of rotatable bonds is 4. The third kappa shape index (κ3) is 6.21. The predicted molar refractivity (Wildman–Crippen MR) is 185 cm³/mol. The molecule has 0 aliphatic carbocycles. The minimum Gasteiger partial charge on any atom is -0.355 e. The van der Waals surface area contributed by atoms with Crippen LogP contribution in [0.15, 0.2) is 146 Å². The molecular weight excluding hydrogens is 506 g/mol. The van der Waals surface area contributed by atoms with Crippen molar-refractivity contribution >= 4 is 21.8 Å². The molecule has 0 unspecified atom stereocenters. The number of para-hydroxylation sites is 1. The number of aromatic nitrogens is 1. The smallest absolute Gasteiger partial charge is 0.0465 e. The van der Waals surface area contributed by atoms with Gasteiger partial charge in [0.1, 0.15) is 0 Å². The molecule has 0 bridgehead atoms. The summed E-state index contributed by atoms with van der Waals surface area (Å²) >= 11 is 0. The van der Waals surface area contributed by atoms with E-state index in [1.807, 2.05) is 13.8 Å². The van der Waals surface area contributed by atoms with Crippen molar-refractivity contribution in [2.24, 2.45) is 0 Å². The lowest BCUT2D eigenvalue weighted by atomic mass is 9.94. The van der Waals surface area contributed by atoms with Crippen LogP contribution in [0.5, 0.6) is 0 Å². The molecule has 6 aromatic carbocycles. The first-order valence-electron chi connectivity index (χ1n) is 15.1. The molecule has 0 spiro atoms. The number of hydrogen-bond acceptors (Lipinski definition) is 0. The Hall–Kier alpha value is -4.88. The fourth-order valence-electron chi connectivity index (χ4n) is 5.29. The van der Waals surface area contributed by atoms with Crippen LogP contribution in [0.2, 0.25) is 0 Å². The van der Waals surface area contributed by atoms with E-state index in [0.717, 1.165) is 0 Å². The molecule has 7 rings (SSSR count). The highest BCUT2D eigenvalue weighted by Gasteiger charge is 2.08. The number of hydrogen-bond donors (Lipinski definition) is 1. The van der Waals surface area contributed by atoms with Crippen LogP contribution in [0.3, 0.4) is 0 Å². The number of benzene rings is 6. The average Bonchev–Trinajstić information content (AvgIpc) is 3.45. The molecule has 0 saturated heterocycles. The Bertz CT molecular complexity index is 1890. The van der Waals surface area contributed by atoms with Gasteiger partial charge in [-0.25, -0.2) is 0 Å². The maximum atomic E-state index is 3.53. The van der Waals surface area contributed by atoms with E-state index in [4.69, 9.17) is 0 Å². The molecule has 0 atom stereocenters. The van der Waals surface area contributed by atoms with E-state index in [2.05, 4.69) is 164 Å². The van der Waals surface area contributed by atoms with E-state index < -0.39 is 0 Å². The van der Waals surface area contributed by atoms with Gasteiger partial charge in [0.25, 0.3) is 0 Å². The topological polar surface area (TPSA) is 15.8 Å². The molecule has 42 heavy (non-hydrogen) atoms. The molecule has 0 saturated carbocycles. The summed E-state index contributed by atoms with van der Waals surface area (Å²) in [5, 5.41) is 2.53. The molecule has 0 aliphatic heterocycles. The maximum absolute atomic E-state index is 3.53. The van der Waals surface area contributed by atoms with E-state index in [9.17, 15) is 0 Å². The Morgan fingerprint density at radius 3 is 1.26 bits per heavy atom. The molecule has 0 aliphatic rings. The third-order valence-electron chi connectivity index (χ3n) is 7.20. The molecule has 0 fully saturated rings. The molecular formula is C41H39N. The predicted octanol–water partition coefficient (Wildman–Crippen LogP) is 12.4. The van der Waals surface area contributed by atoms with Gasteiger partial charge in [0.05, 0.1) is 0 Å². The van der Waals surface area contributed by atoms with Crippen molar-refractivity contribution in [2.75, 3.05) is 0 Å². The van der Waals surface area contributed by atoms with Gasteiger partial charge in [0.15, 0.2) is 0 Å². The SMILES string of the molecule is CC.CCC.c1ccc(-c2cccc(-c3cccc(-c4cccc(-c5ccc6[nH]c7ccccc7c6c5)c4)c3)c2)cc1. The van der Waals surface area contributed by atoms with Crippen LogP contribution in [0.4, 0.5) is 0 Å². The summed E-state index contributed by atoms with van der Waals surface area (Å²) in [6, 6.07) is 52.3. The van der Waals surface area contributed by atoms with E-state index in [1.54, 1.807) is 0 Å². The van der Waals surface area contributed by atoms with Gasteiger partial charge in [-0.1, -0.05) is 143 Å². The standard InChI is InChI=1S/C36H25N.C3H8.C2H6/c1-2-9-25(10-3-1)26-11-6-12-27(21-26)28-13-7-14-29(22-28)30-15-8-16-31(23-30)32-19-20-36-34(24-32)33-17-4-5-18-35(33)37-36;1-3-2;1-2/h1-24,37H;3H2,1-2H3;1-2H3. The minimum absolute atomic E-state index is 1.17. The highest BCUT2D eigenvalue weighted by Crippen LogP contribution is 2.33. The molecule has 1 heterocycles. The lowest BCUT2D eigenvalue weighted by Gasteiger charge is -2.10.